The molecule has 0 aliphatic heterocycles. The third kappa shape index (κ3) is 15.8. The predicted molar refractivity (Wildman–Crippen MR) is 149 cm³/mol. The molecule has 4 heteroatoms. The van der Waals surface area contributed by atoms with E-state index in [0.717, 1.165) is 0 Å². The summed E-state index contributed by atoms with van der Waals surface area (Å²) in [7, 11) is 2.97. The first-order valence-corrected chi connectivity index (χ1v) is 13.6. The monoisotopic (exact) mass is 609 g/mol. The van der Waals surface area contributed by atoms with Crippen LogP contribution >= 0.6 is 0 Å². The minimum absolute atomic E-state index is 0. The van der Waals surface area contributed by atoms with Gasteiger partial charge in [0.25, 0.3) is 0 Å². The summed E-state index contributed by atoms with van der Waals surface area (Å²) in [6, 6.07) is 9.35. The Kier molecular flexibility index (Phi) is 27.8. The molecule has 1 aliphatic rings. The minimum Gasteiger partial charge on any atom is -1.00 e. The molecule has 0 bridgehead atoms. The molecule has 0 heterocycles. The predicted octanol–water partition coefficient (Wildman–Crippen LogP) is 4.24. The maximum atomic E-state index is 3.29. The van der Waals surface area contributed by atoms with Crippen LogP contribution in [-0.4, -0.2) is 10.2 Å². The second-order valence-electron chi connectivity index (χ2n) is 9.57. The first kappa shape index (κ1) is 42.1. The molecule has 0 saturated heterocycles. The van der Waals surface area contributed by atoms with Gasteiger partial charge in [0.2, 0.25) is 0 Å². The van der Waals surface area contributed by atoms with Gasteiger partial charge in [-0.25, -0.2) is 11.1 Å². The van der Waals surface area contributed by atoms with Crippen molar-refractivity contribution < 1.29 is 51.0 Å². The Hall–Kier alpha value is -0.01000. The first-order valence-electron chi connectivity index (χ1n) is 12.6. The molecule has 35 heavy (non-hydrogen) atoms. The van der Waals surface area contributed by atoms with Crippen molar-refractivity contribution in [2.75, 3.05) is 0 Å². The van der Waals surface area contributed by atoms with Crippen LogP contribution in [0.3, 0.4) is 0 Å². The molecule has 1 aliphatic carbocycles. The van der Waals surface area contributed by atoms with Crippen molar-refractivity contribution in [1.29, 1.82) is 0 Å². The summed E-state index contributed by atoms with van der Waals surface area (Å²) < 4.78 is 0. The van der Waals surface area contributed by atoms with Crippen molar-refractivity contribution >= 4 is 21.0 Å². The molecule has 0 nitrogen and oxygen atoms in total. The molecular formula is C31H49Cl2SiZr. The normalized spacial score (nSPS) is 13.5. The van der Waals surface area contributed by atoms with Crippen molar-refractivity contribution in [3.8, 4) is 0 Å². The van der Waals surface area contributed by atoms with Crippen molar-refractivity contribution in [3.63, 3.8) is 0 Å². The molecule has 1 atom stereocenters. The smallest absolute Gasteiger partial charge is 1.00 e. The molecular weight excluding hydrogens is 563 g/mol. The zero-order valence-corrected chi connectivity index (χ0v) is 29.2. The summed E-state index contributed by atoms with van der Waals surface area (Å²) in [4.78, 5) is 0. The van der Waals surface area contributed by atoms with Crippen molar-refractivity contribution in [2.24, 2.45) is 5.92 Å². The van der Waals surface area contributed by atoms with Gasteiger partial charge in [0.15, 0.2) is 0 Å². The number of benzene rings is 1. The van der Waals surface area contributed by atoms with E-state index < -0.39 is 0 Å². The molecule has 0 aromatic heterocycles. The number of allylic oxidation sites excluding steroid dienone is 4. The van der Waals surface area contributed by atoms with Gasteiger partial charge in [0, 0.05) is 10.2 Å². The standard InChI is InChI=1S/C16H21.C8H11.C6H14.CH3Si.2ClH.Zr/c1-10(2)13-8-14-6-12(5)7-16(14)15(9-13)11(3)4;1-6-4-7(2)8(3)5-6;1-3-5-6-4-2;1-2;;;/h6-11H,1-5H3;4,6H,1-3H3;3-6H2,1-2H3;1H3;2*1H;/q2*-1;;;;;+4/p-2. The fraction of sp³-hybridized carbons (Fsp3) is 0.581. The molecule has 1 unspecified atom stereocenters. The van der Waals surface area contributed by atoms with Gasteiger partial charge in [-0.3, -0.25) is 6.08 Å². The Balaban J connectivity index is -0.000000216. The Bertz CT molecular complexity index is 825. The van der Waals surface area contributed by atoms with E-state index in [1.54, 1.807) is 6.55 Å². The number of unbranched alkanes of at least 4 members (excludes halogenated alkanes) is 3. The largest absolute Gasteiger partial charge is 4.00 e. The fourth-order valence-corrected chi connectivity index (χ4v) is 3.83. The second kappa shape index (κ2) is 23.1. The van der Waals surface area contributed by atoms with Crippen LogP contribution in [0.2, 0.25) is 6.55 Å². The van der Waals surface area contributed by atoms with Crippen LogP contribution < -0.4 is 24.8 Å². The number of aryl methyl sites for hydroxylation is 1. The summed E-state index contributed by atoms with van der Waals surface area (Å²) in [5.74, 6) is 1.76. The third-order valence-electron chi connectivity index (χ3n) is 5.80. The second-order valence-corrected chi connectivity index (χ2v) is 9.57. The molecule has 3 rings (SSSR count). The average Bonchev–Trinajstić information content (AvgIpc) is 3.26. The SMILES string of the molecule is CC1=[C-]C(C)C=C1C.CCCCCC.C[Si].Cc1cc2c(C(C)C)cc(C(C)C)cc2[cH-]1.[Cl-].[Cl-].[Zr+4]. The van der Waals surface area contributed by atoms with Gasteiger partial charge in [0.1, 0.15) is 0 Å². The molecule has 0 N–H and O–H groups in total. The maximum absolute atomic E-state index is 3.29. The molecule has 0 saturated carbocycles. The summed E-state index contributed by atoms with van der Waals surface area (Å²) in [6.07, 6.45) is 11.1. The van der Waals surface area contributed by atoms with E-state index in [9.17, 15) is 0 Å². The number of fused-ring (bicyclic) bond motifs is 1. The maximum Gasteiger partial charge on any atom is 4.00 e. The number of hydrogen-bond acceptors (Lipinski definition) is 0. The molecule has 3 radical (unpaired) electrons. The first-order chi connectivity index (χ1) is 15.1. The van der Waals surface area contributed by atoms with E-state index in [1.807, 2.05) is 0 Å². The van der Waals surface area contributed by atoms with Crippen LogP contribution in [0, 0.1) is 18.9 Å². The van der Waals surface area contributed by atoms with Crippen LogP contribution in [-0.2, 0) is 26.2 Å². The van der Waals surface area contributed by atoms with E-state index in [2.05, 4.69) is 116 Å². The van der Waals surface area contributed by atoms with Gasteiger partial charge in [0.05, 0.1) is 0 Å². The molecule has 0 fully saturated rings. The number of rotatable bonds is 5. The Morgan fingerprint density at radius 1 is 0.886 bits per heavy atom. The van der Waals surface area contributed by atoms with Crippen molar-refractivity contribution in [1.82, 2.24) is 0 Å². The Morgan fingerprint density at radius 3 is 1.71 bits per heavy atom. The Labute approximate surface area is 253 Å². The molecule has 0 spiro atoms. The summed E-state index contributed by atoms with van der Waals surface area (Å²) >= 11 is 0. The summed E-state index contributed by atoms with van der Waals surface area (Å²) in [5, 5.41) is 2.85. The topological polar surface area (TPSA) is 0 Å². The van der Waals surface area contributed by atoms with Crippen LogP contribution in [0.5, 0.6) is 0 Å². The zero-order valence-electron chi connectivity index (χ0n) is 24.2. The quantitative estimate of drug-likeness (QED) is 0.270. The molecule has 0 amide bonds. The number of hydrogen-bond donors (Lipinski definition) is 0. The van der Waals surface area contributed by atoms with Crippen molar-refractivity contribution in [2.45, 2.75) is 113 Å². The van der Waals surface area contributed by atoms with Gasteiger partial charge in [-0.1, -0.05) is 118 Å². The van der Waals surface area contributed by atoms with Crippen LogP contribution in [0.15, 0.2) is 41.5 Å². The molecule has 195 valence electrons. The van der Waals surface area contributed by atoms with E-state index in [1.165, 1.54) is 64.3 Å². The van der Waals surface area contributed by atoms with Crippen LogP contribution in [0.1, 0.15) is 117 Å². The third-order valence-corrected chi connectivity index (χ3v) is 5.80. The Morgan fingerprint density at radius 2 is 1.40 bits per heavy atom. The number of halogens is 2. The van der Waals surface area contributed by atoms with Crippen LogP contribution in [0.25, 0.3) is 10.8 Å². The molecule has 2 aromatic rings. The van der Waals surface area contributed by atoms with Gasteiger partial charge in [-0.15, -0.1) is 35.4 Å². The van der Waals surface area contributed by atoms with Gasteiger partial charge in [-0.05, 0) is 11.8 Å². The zero-order chi connectivity index (χ0) is 24.8. The summed E-state index contributed by atoms with van der Waals surface area (Å²) in [5.41, 5.74) is 7.03. The van der Waals surface area contributed by atoms with Gasteiger partial charge in [-0.2, -0.15) is 12.1 Å². The summed E-state index contributed by atoms with van der Waals surface area (Å²) in [6.45, 7) is 23.9. The van der Waals surface area contributed by atoms with E-state index in [4.69, 9.17) is 0 Å². The molecule has 2 aromatic carbocycles. The minimum atomic E-state index is 0. The van der Waals surface area contributed by atoms with E-state index in [0.29, 0.717) is 17.8 Å². The van der Waals surface area contributed by atoms with Gasteiger partial charge < -0.3 is 24.8 Å². The van der Waals surface area contributed by atoms with E-state index in [-0.39, 0.29) is 51.0 Å². The fourth-order valence-electron chi connectivity index (χ4n) is 3.83. The average molecular weight is 612 g/mol. The van der Waals surface area contributed by atoms with Crippen molar-refractivity contribution in [3.05, 3.63) is 64.3 Å². The van der Waals surface area contributed by atoms with E-state index >= 15 is 0 Å². The van der Waals surface area contributed by atoms with Gasteiger partial charge >= 0.3 is 26.2 Å². The van der Waals surface area contributed by atoms with Crippen LogP contribution in [0.4, 0.5) is 0 Å².